The van der Waals surface area contributed by atoms with E-state index >= 15 is 0 Å². The van der Waals surface area contributed by atoms with Gasteiger partial charge in [-0.25, -0.2) is 0 Å². The molecule has 0 spiro atoms. The fraction of sp³-hybridized carbons (Fsp3) is 0.632. The Kier molecular flexibility index (Phi) is 5.34. The molecule has 1 heterocycles. The van der Waals surface area contributed by atoms with Gasteiger partial charge in [-0.05, 0) is 43.4 Å². The van der Waals surface area contributed by atoms with Gasteiger partial charge in [0.2, 0.25) is 5.91 Å². The summed E-state index contributed by atoms with van der Waals surface area (Å²) in [5, 5.41) is 6.86. The van der Waals surface area contributed by atoms with Crippen molar-refractivity contribution < 1.29 is 9.53 Å². The molecule has 2 aliphatic rings. The standard InChI is InChI=1S/C19H28N2O2/c1-23-13-16-6-2-5-15(11-16)12-18(22)21-14-19-8-3-7-17(19)20-10-4-9-19/h2,5-6,11,17,20H,3-4,7-10,12-14H2,1H3,(H,21,22). The molecule has 2 fully saturated rings. The monoisotopic (exact) mass is 316 g/mol. The molecule has 1 saturated heterocycles. The molecule has 3 rings (SSSR count). The summed E-state index contributed by atoms with van der Waals surface area (Å²) in [5.74, 6) is 0.130. The van der Waals surface area contributed by atoms with Crippen molar-refractivity contribution in [2.24, 2.45) is 5.41 Å². The van der Waals surface area contributed by atoms with Gasteiger partial charge in [0.15, 0.2) is 0 Å². The maximum atomic E-state index is 12.3. The van der Waals surface area contributed by atoms with Crippen molar-refractivity contribution in [1.82, 2.24) is 10.6 Å². The van der Waals surface area contributed by atoms with E-state index in [0.717, 1.165) is 24.2 Å². The minimum Gasteiger partial charge on any atom is -0.380 e. The van der Waals surface area contributed by atoms with E-state index in [1.807, 2.05) is 18.2 Å². The number of amides is 1. The molecule has 2 N–H and O–H groups in total. The zero-order chi connectivity index (χ0) is 16.1. The highest BCUT2D eigenvalue weighted by Crippen LogP contribution is 2.43. The Morgan fingerprint density at radius 1 is 1.35 bits per heavy atom. The van der Waals surface area contributed by atoms with Gasteiger partial charge in [-0.2, -0.15) is 0 Å². The van der Waals surface area contributed by atoms with Crippen molar-refractivity contribution in [1.29, 1.82) is 0 Å². The minimum atomic E-state index is 0.130. The van der Waals surface area contributed by atoms with Crippen LogP contribution in [0.4, 0.5) is 0 Å². The zero-order valence-corrected chi connectivity index (χ0v) is 14.1. The number of benzene rings is 1. The van der Waals surface area contributed by atoms with Crippen LogP contribution in [0.3, 0.4) is 0 Å². The summed E-state index contributed by atoms with van der Waals surface area (Å²) in [5.41, 5.74) is 2.47. The molecule has 1 amide bonds. The van der Waals surface area contributed by atoms with E-state index in [1.54, 1.807) is 7.11 Å². The van der Waals surface area contributed by atoms with Crippen LogP contribution in [0.25, 0.3) is 0 Å². The van der Waals surface area contributed by atoms with Gasteiger partial charge in [0, 0.05) is 25.1 Å². The fourth-order valence-corrected chi connectivity index (χ4v) is 4.29. The lowest BCUT2D eigenvalue weighted by atomic mass is 9.76. The summed E-state index contributed by atoms with van der Waals surface area (Å²) in [6.45, 7) is 2.54. The molecule has 0 radical (unpaired) electrons. The van der Waals surface area contributed by atoms with Gasteiger partial charge >= 0.3 is 0 Å². The van der Waals surface area contributed by atoms with Crippen LogP contribution < -0.4 is 10.6 Å². The van der Waals surface area contributed by atoms with E-state index < -0.39 is 0 Å². The fourth-order valence-electron chi connectivity index (χ4n) is 4.29. The highest BCUT2D eigenvalue weighted by molar-refractivity contribution is 5.78. The van der Waals surface area contributed by atoms with E-state index in [9.17, 15) is 4.79 Å². The van der Waals surface area contributed by atoms with Crippen LogP contribution in [0.5, 0.6) is 0 Å². The normalized spacial score (nSPS) is 26.7. The molecule has 0 aromatic heterocycles. The van der Waals surface area contributed by atoms with Crippen molar-refractivity contribution in [3.63, 3.8) is 0 Å². The average Bonchev–Trinajstić information content (AvgIpc) is 2.98. The number of hydrogen-bond donors (Lipinski definition) is 2. The quantitative estimate of drug-likeness (QED) is 0.847. The predicted octanol–water partition coefficient (Wildman–Crippen LogP) is 2.41. The third-order valence-electron chi connectivity index (χ3n) is 5.45. The highest BCUT2D eigenvalue weighted by Gasteiger charge is 2.44. The Morgan fingerprint density at radius 2 is 2.17 bits per heavy atom. The van der Waals surface area contributed by atoms with Crippen LogP contribution in [0, 0.1) is 5.41 Å². The molecule has 1 aliphatic heterocycles. The van der Waals surface area contributed by atoms with Gasteiger partial charge in [0.05, 0.1) is 13.0 Å². The molecular formula is C19H28N2O2. The van der Waals surface area contributed by atoms with E-state index in [1.165, 1.54) is 32.1 Å². The van der Waals surface area contributed by atoms with Crippen LogP contribution in [0.1, 0.15) is 43.2 Å². The second kappa shape index (κ2) is 7.45. The molecule has 1 saturated carbocycles. The smallest absolute Gasteiger partial charge is 0.224 e. The topological polar surface area (TPSA) is 50.4 Å². The predicted molar refractivity (Wildman–Crippen MR) is 91.2 cm³/mol. The summed E-state index contributed by atoms with van der Waals surface area (Å²) in [6, 6.07) is 8.69. The SMILES string of the molecule is COCc1cccc(CC(=O)NCC23CCCNC2CCC3)c1. The van der Waals surface area contributed by atoms with Crippen molar-refractivity contribution in [2.45, 2.75) is 51.2 Å². The van der Waals surface area contributed by atoms with Crippen molar-refractivity contribution in [2.75, 3.05) is 20.2 Å². The van der Waals surface area contributed by atoms with Gasteiger partial charge in [-0.15, -0.1) is 0 Å². The third-order valence-corrected chi connectivity index (χ3v) is 5.45. The lowest BCUT2D eigenvalue weighted by molar-refractivity contribution is -0.121. The number of nitrogens with one attached hydrogen (secondary N) is 2. The number of methoxy groups -OCH3 is 1. The first kappa shape index (κ1) is 16.5. The van der Waals surface area contributed by atoms with E-state index in [2.05, 4.69) is 16.7 Å². The Labute approximate surface area is 139 Å². The van der Waals surface area contributed by atoms with Crippen LogP contribution in [-0.4, -0.2) is 32.1 Å². The average molecular weight is 316 g/mol. The number of carbonyl (C=O) groups excluding carboxylic acids is 1. The van der Waals surface area contributed by atoms with Gasteiger partial charge in [-0.1, -0.05) is 30.7 Å². The van der Waals surface area contributed by atoms with Crippen LogP contribution in [-0.2, 0) is 22.6 Å². The molecule has 2 atom stereocenters. The van der Waals surface area contributed by atoms with Crippen LogP contribution in [0.15, 0.2) is 24.3 Å². The number of fused-ring (bicyclic) bond motifs is 1. The first-order valence-electron chi connectivity index (χ1n) is 8.79. The molecule has 23 heavy (non-hydrogen) atoms. The highest BCUT2D eigenvalue weighted by atomic mass is 16.5. The number of rotatable bonds is 6. The summed E-state index contributed by atoms with van der Waals surface area (Å²) < 4.78 is 5.15. The number of carbonyl (C=O) groups is 1. The minimum absolute atomic E-state index is 0.130. The maximum Gasteiger partial charge on any atom is 0.224 e. The number of hydrogen-bond acceptors (Lipinski definition) is 3. The molecule has 4 nitrogen and oxygen atoms in total. The Balaban J connectivity index is 1.54. The second-order valence-electron chi connectivity index (χ2n) is 7.07. The van der Waals surface area contributed by atoms with Gasteiger partial charge in [0.1, 0.15) is 0 Å². The maximum absolute atomic E-state index is 12.3. The Hall–Kier alpha value is -1.39. The molecule has 4 heteroatoms. The van der Waals surface area contributed by atoms with Crippen LogP contribution in [0.2, 0.25) is 0 Å². The molecule has 1 aromatic rings. The summed E-state index contributed by atoms with van der Waals surface area (Å²) >= 11 is 0. The van der Waals surface area contributed by atoms with Crippen LogP contribution >= 0.6 is 0 Å². The summed E-state index contributed by atoms with van der Waals surface area (Å²) in [4.78, 5) is 12.3. The molecule has 2 unspecified atom stereocenters. The first-order chi connectivity index (χ1) is 11.2. The van der Waals surface area contributed by atoms with Gasteiger partial charge in [0.25, 0.3) is 0 Å². The summed E-state index contributed by atoms with van der Waals surface area (Å²) in [7, 11) is 1.69. The third kappa shape index (κ3) is 3.93. The van der Waals surface area contributed by atoms with Crippen molar-refractivity contribution >= 4 is 5.91 Å². The van der Waals surface area contributed by atoms with Crippen molar-refractivity contribution in [3.05, 3.63) is 35.4 Å². The largest absolute Gasteiger partial charge is 0.380 e. The zero-order valence-electron chi connectivity index (χ0n) is 14.1. The second-order valence-corrected chi connectivity index (χ2v) is 7.07. The van der Waals surface area contributed by atoms with Crippen molar-refractivity contribution in [3.8, 4) is 0 Å². The van der Waals surface area contributed by atoms with Gasteiger partial charge < -0.3 is 15.4 Å². The lowest BCUT2D eigenvalue weighted by Crippen LogP contribution is -2.52. The Bertz CT molecular complexity index is 546. The summed E-state index contributed by atoms with van der Waals surface area (Å²) in [6.07, 6.45) is 6.71. The first-order valence-corrected chi connectivity index (χ1v) is 8.79. The van der Waals surface area contributed by atoms with E-state index in [0.29, 0.717) is 24.5 Å². The molecule has 0 bridgehead atoms. The Morgan fingerprint density at radius 3 is 3.04 bits per heavy atom. The number of piperidine rings is 1. The molecule has 1 aromatic carbocycles. The molecule has 126 valence electrons. The lowest BCUT2D eigenvalue weighted by Gasteiger charge is -2.40. The van der Waals surface area contributed by atoms with E-state index in [4.69, 9.17) is 4.74 Å². The molecular weight excluding hydrogens is 288 g/mol. The van der Waals surface area contributed by atoms with E-state index in [-0.39, 0.29) is 5.91 Å². The van der Waals surface area contributed by atoms with Gasteiger partial charge in [-0.3, -0.25) is 4.79 Å². The number of ether oxygens (including phenoxy) is 1. The molecule has 1 aliphatic carbocycles.